The first-order chi connectivity index (χ1) is 8.82. The van der Waals surface area contributed by atoms with E-state index < -0.39 is 0 Å². The van der Waals surface area contributed by atoms with E-state index in [1.807, 2.05) is 6.92 Å². The Bertz CT molecular complexity index is 327. The zero-order valence-corrected chi connectivity index (χ0v) is 15.7. The standard InChI is InChI=1S/C14H28N4O.HI/c1-11(2)7-8-15-14(16-9-12(3)4)17-10-13(19)18(5)6;/h11H,3,7-10H2,1-2,4-6H3,(H2,15,16,17);1H. The van der Waals surface area contributed by atoms with Gasteiger partial charge in [0.05, 0.1) is 0 Å². The van der Waals surface area contributed by atoms with Gasteiger partial charge in [-0.1, -0.05) is 26.0 Å². The predicted octanol–water partition coefficient (Wildman–Crippen LogP) is 1.85. The molecule has 118 valence electrons. The van der Waals surface area contributed by atoms with E-state index in [-0.39, 0.29) is 36.4 Å². The Morgan fingerprint density at radius 3 is 2.35 bits per heavy atom. The zero-order valence-electron chi connectivity index (χ0n) is 13.3. The van der Waals surface area contributed by atoms with Gasteiger partial charge in [-0.25, -0.2) is 4.99 Å². The lowest BCUT2D eigenvalue weighted by molar-refractivity contribution is -0.127. The van der Waals surface area contributed by atoms with E-state index in [1.54, 1.807) is 14.1 Å². The number of aliphatic imine (C=N–C) groups is 1. The summed E-state index contributed by atoms with van der Waals surface area (Å²) in [5.41, 5.74) is 1.03. The van der Waals surface area contributed by atoms with E-state index in [4.69, 9.17) is 0 Å². The van der Waals surface area contributed by atoms with Crippen molar-refractivity contribution in [3.05, 3.63) is 12.2 Å². The highest BCUT2D eigenvalue weighted by Crippen LogP contribution is 1.96. The molecule has 1 amide bonds. The number of rotatable bonds is 7. The van der Waals surface area contributed by atoms with Crippen molar-refractivity contribution in [3.8, 4) is 0 Å². The van der Waals surface area contributed by atoms with Gasteiger partial charge < -0.3 is 15.5 Å². The van der Waals surface area contributed by atoms with Gasteiger partial charge in [0.15, 0.2) is 5.96 Å². The number of guanidine groups is 1. The average molecular weight is 396 g/mol. The van der Waals surface area contributed by atoms with Crippen LogP contribution in [0.2, 0.25) is 0 Å². The third-order valence-corrected chi connectivity index (χ3v) is 2.44. The molecule has 0 aliphatic heterocycles. The summed E-state index contributed by atoms with van der Waals surface area (Å²) in [6.45, 7) is 11.8. The predicted molar refractivity (Wildman–Crippen MR) is 96.7 cm³/mol. The SMILES string of the molecule is C=C(C)CNC(=NCC(=O)N(C)C)NCCC(C)C.I. The molecular weight excluding hydrogens is 367 g/mol. The molecule has 0 fully saturated rings. The summed E-state index contributed by atoms with van der Waals surface area (Å²) in [7, 11) is 3.45. The molecule has 5 nitrogen and oxygen atoms in total. The van der Waals surface area contributed by atoms with Crippen LogP contribution in [0.1, 0.15) is 27.2 Å². The van der Waals surface area contributed by atoms with E-state index in [1.165, 1.54) is 4.90 Å². The number of carbonyl (C=O) groups excluding carboxylic acids is 1. The third-order valence-electron chi connectivity index (χ3n) is 2.44. The van der Waals surface area contributed by atoms with Crippen LogP contribution in [0.15, 0.2) is 17.1 Å². The van der Waals surface area contributed by atoms with Crippen molar-refractivity contribution in [2.24, 2.45) is 10.9 Å². The summed E-state index contributed by atoms with van der Waals surface area (Å²) in [5, 5.41) is 6.38. The van der Waals surface area contributed by atoms with E-state index in [9.17, 15) is 4.79 Å². The van der Waals surface area contributed by atoms with Gasteiger partial charge in [0.25, 0.3) is 0 Å². The lowest BCUT2D eigenvalue weighted by Crippen LogP contribution is -2.39. The minimum Gasteiger partial charge on any atom is -0.356 e. The van der Waals surface area contributed by atoms with Gasteiger partial charge in [0.2, 0.25) is 5.91 Å². The number of hydrogen-bond donors (Lipinski definition) is 2. The number of nitrogens with one attached hydrogen (secondary N) is 2. The van der Waals surface area contributed by atoms with Crippen molar-refractivity contribution < 1.29 is 4.79 Å². The molecule has 0 bridgehead atoms. The van der Waals surface area contributed by atoms with Crippen LogP contribution >= 0.6 is 24.0 Å². The van der Waals surface area contributed by atoms with Gasteiger partial charge in [-0.15, -0.1) is 24.0 Å². The molecule has 0 aliphatic rings. The van der Waals surface area contributed by atoms with E-state index >= 15 is 0 Å². The molecule has 0 saturated heterocycles. The van der Waals surface area contributed by atoms with Gasteiger partial charge in [-0.05, 0) is 19.3 Å². The van der Waals surface area contributed by atoms with Crippen LogP contribution < -0.4 is 10.6 Å². The highest BCUT2D eigenvalue weighted by Gasteiger charge is 2.04. The molecule has 20 heavy (non-hydrogen) atoms. The van der Waals surface area contributed by atoms with Gasteiger partial charge in [-0.3, -0.25) is 4.79 Å². The van der Waals surface area contributed by atoms with Crippen molar-refractivity contribution >= 4 is 35.8 Å². The van der Waals surface area contributed by atoms with Crippen LogP contribution in [0.4, 0.5) is 0 Å². The van der Waals surface area contributed by atoms with Crippen LogP contribution in [0.5, 0.6) is 0 Å². The first-order valence-electron chi connectivity index (χ1n) is 6.69. The topological polar surface area (TPSA) is 56.7 Å². The lowest BCUT2D eigenvalue weighted by atomic mass is 10.1. The first-order valence-corrected chi connectivity index (χ1v) is 6.69. The van der Waals surface area contributed by atoms with Crippen LogP contribution in [-0.4, -0.2) is 50.5 Å². The molecule has 0 unspecified atom stereocenters. The number of likely N-dealkylation sites (N-methyl/N-ethyl adjacent to an activating group) is 1. The molecule has 0 aromatic carbocycles. The lowest BCUT2D eigenvalue weighted by Gasteiger charge is -2.14. The van der Waals surface area contributed by atoms with Crippen molar-refractivity contribution in [3.63, 3.8) is 0 Å². The zero-order chi connectivity index (χ0) is 14.8. The first kappa shape index (κ1) is 21.5. The fourth-order valence-electron chi connectivity index (χ4n) is 1.18. The summed E-state index contributed by atoms with van der Waals surface area (Å²) < 4.78 is 0. The number of amides is 1. The molecule has 0 aromatic heterocycles. The van der Waals surface area contributed by atoms with Crippen molar-refractivity contribution in [2.75, 3.05) is 33.7 Å². The summed E-state index contributed by atoms with van der Waals surface area (Å²) in [6, 6.07) is 0. The van der Waals surface area contributed by atoms with Gasteiger partial charge in [0.1, 0.15) is 6.54 Å². The van der Waals surface area contributed by atoms with Crippen LogP contribution in [0.3, 0.4) is 0 Å². The maximum atomic E-state index is 11.5. The molecule has 0 spiro atoms. The number of carbonyl (C=O) groups is 1. The van der Waals surface area contributed by atoms with Gasteiger partial charge >= 0.3 is 0 Å². The van der Waals surface area contributed by atoms with E-state index in [0.29, 0.717) is 18.4 Å². The second-order valence-electron chi connectivity index (χ2n) is 5.37. The molecule has 0 radical (unpaired) electrons. The smallest absolute Gasteiger partial charge is 0.243 e. The molecular formula is C14H29IN4O. The van der Waals surface area contributed by atoms with E-state index in [2.05, 4.69) is 36.1 Å². The third kappa shape index (κ3) is 12.3. The second kappa shape index (κ2) is 12.0. The highest BCUT2D eigenvalue weighted by molar-refractivity contribution is 14.0. The Labute approximate surface area is 140 Å². The number of nitrogens with zero attached hydrogens (tertiary/aromatic N) is 2. The van der Waals surface area contributed by atoms with Gasteiger partial charge in [0, 0.05) is 27.2 Å². The maximum absolute atomic E-state index is 11.5. The Morgan fingerprint density at radius 1 is 1.30 bits per heavy atom. The normalized spacial score (nSPS) is 10.8. The average Bonchev–Trinajstić information content (AvgIpc) is 2.30. The fraction of sp³-hybridized carbons (Fsp3) is 0.714. The monoisotopic (exact) mass is 396 g/mol. The molecule has 0 aromatic rings. The molecule has 0 atom stereocenters. The summed E-state index contributed by atoms with van der Waals surface area (Å²) >= 11 is 0. The Balaban J connectivity index is 0. The minimum absolute atomic E-state index is 0. The molecule has 6 heteroatoms. The largest absolute Gasteiger partial charge is 0.356 e. The maximum Gasteiger partial charge on any atom is 0.243 e. The minimum atomic E-state index is -0.0136. The van der Waals surface area contributed by atoms with Gasteiger partial charge in [-0.2, -0.15) is 0 Å². The number of halogens is 1. The summed E-state index contributed by atoms with van der Waals surface area (Å²) in [6.07, 6.45) is 1.06. The summed E-state index contributed by atoms with van der Waals surface area (Å²) in [4.78, 5) is 17.3. The summed E-state index contributed by atoms with van der Waals surface area (Å²) in [5.74, 6) is 1.29. The van der Waals surface area contributed by atoms with Crippen LogP contribution in [-0.2, 0) is 4.79 Å². The molecule has 0 saturated carbocycles. The Kier molecular flexibility index (Phi) is 12.9. The quantitative estimate of drug-likeness (QED) is 0.299. The van der Waals surface area contributed by atoms with Crippen molar-refractivity contribution in [2.45, 2.75) is 27.2 Å². The van der Waals surface area contributed by atoms with Crippen LogP contribution in [0.25, 0.3) is 0 Å². The second-order valence-corrected chi connectivity index (χ2v) is 5.37. The molecule has 2 N–H and O–H groups in total. The van der Waals surface area contributed by atoms with Crippen LogP contribution in [0, 0.1) is 5.92 Å². The Hall–Kier alpha value is -0.790. The van der Waals surface area contributed by atoms with Crippen molar-refractivity contribution in [1.82, 2.24) is 15.5 Å². The highest BCUT2D eigenvalue weighted by atomic mass is 127. The fourth-order valence-corrected chi connectivity index (χ4v) is 1.18. The van der Waals surface area contributed by atoms with Crippen molar-refractivity contribution in [1.29, 1.82) is 0 Å². The van der Waals surface area contributed by atoms with E-state index in [0.717, 1.165) is 18.5 Å². The molecule has 0 rings (SSSR count). The Morgan fingerprint density at radius 2 is 1.90 bits per heavy atom. The number of hydrogen-bond acceptors (Lipinski definition) is 2. The molecule has 0 aliphatic carbocycles. The molecule has 0 heterocycles.